The molecule has 1 aromatic carbocycles. The lowest BCUT2D eigenvalue weighted by atomic mass is 9.85. The number of benzene rings is 1. The predicted molar refractivity (Wildman–Crippen MR) is 88.9 cm³/mol. The molecular formula is C17H15ClN2O5. The van der Waals surface area contributed by atoms with Gasteiger partial charge in [-0.1, -0.05) is 17.7 Å². The van der Waals surface area contributed by atoms with Gasteiger partial charge in [0.05, 0.1) is 17.4 Å². The van der Waals surface area contributed by atoms with Crippen molar-refractivity contribution in [2.75, 3.05) is 11.9 Å². The number of carboxylic acid groups (broad SMARTS) is 1. The quantitative estimate of drug-likeness (QED) is 0.795. The number of carboxylic acids is 1. The molecule has 1 saturated heterocycles. The van der Waals surface area contributed by atoms with Crippen molar-refractivity contribution >= 4 is 41.0 Å². The van der Waals surface area contributed by atoms with E-state index in [0.29, 0.717) is 23.6 Å². The molecule has 25 heavy (non-hydrogen) atoms. The first-order valence-corrected chi connectivity index (χ1v) is 8.07. The molecule has 0 radical (unpaired) electrons. The Morgan fingerprint density at radius 3 is 2.44 bits per heavy atom. The number of amides is 3. The van der Waals surface area contributed by atoms with Gasteiger partial charge in [-0.2, -0.15) is 0 Å². The summed E-state index contributed by atoms with van der Waals surface area (Å²) in [6.45, 7) is -0.372. The summed E-state index contributed by atoms with van der Waals surface area (Å²) in [5.74, 6) is -3.27. The van der Waals surface area contributed by atoms with Gasteiger partial charge in [0.15, 0.2) is 0 Å². The zero-order valence-electron chi connectivity index (χ0n) is 13.1. The number of carbonyl (C=O) groups excluding carboxylic acids is 3. The van der Waals surface area contributed by atoms with E-state index in [4.69, 9.17) is 16.7 Å². The average Bonchev–Trinajstić information content (AvgIpc) is 2.80. The van der Waals surface area contributed by atoms with Crippen LogP contribution in [0.2, 0.25) is 0 Å². The molecule has 1 aromatic rings. The zero-order chi connectivity index (χ0) is 18.1. The smallest absolute Gasteiger partial charge is 0.335 e. The van der Waals surface area contributed by atoms with Gasteiger partial charge in [-0.15, -0.1) is 0 Å². The summed E-state index contributed by atoms with van der Waals surface area (Å²) in [7, 11) is 0. The molecule has 0 saturated carbocycles. The third-order valence-corrected chi connectivity index (χ3v) is 4.69. The third kappa shape index (κ3) is 3.41. The van der Waals surface area contributed by atoms with Gasteiger partial charge >= 0.3 is 5.97 Å². The highest BCUT2D eigenvalue weighted by Gasteiger charge is 2.48. The van der Waals surface area contributed by atoms with Crippen LogP contribution in [-0.4, -0.2) is 40.2 Å². The summed E-state index contributed by atoms with van der Waals surface area (Å²) in [5, 5.41) is 12.0. The van der Waals surface area contributed by atoms with Gasteiger partial charge in [0.2, 0.25) is 17.7 Å². The molecule has 7 nitrogen and oxygen atoms in total. The topological polar surface area (TPSA) is 104 Å². The van der Waals surface area contributed by atoms with Crippen molar-refractivity contribution in [3.05, 3.63) is 40.9 Å². The van der Waals surface area contributed by atoms with Gasteiger partial charge in [-0.25, -0.2) is 4.79 Å². The number of hydrogen-bond acceptors (Lipinski definition) is 4. The molecule has 0 bridgehead atoms. The van der Waals surface area contributed by atoms with Crippen LogP contribution in [0.25, 0.3) is 0 Å². The Morgan fingerprint density at radius 1 is 1.16 bits per heavy atom. The van der Waals surface area contributed by atoms with Gasteiger partial charge < -0.3 is 10.4 Å². The molecule has 2 aliphatic rings. The van der Waals surface area contributed by atoms with Crippen molar-refractivity contribution in [2.24, 2.45) is 11.8 Å². The first kappa shape index (κ1) is 17.2. The monoisotopic (exact) mass is 362 g/mol. The normalized spacial score (nSPS) is 22.4. The maximum Gasteiger partial charge on any atom is 0.335 e. The SMILES string of the molecule is O=C(CN1C(=O)[C@H]2CC=C(Cl)C[C@@H]2C1=O)Nc1ccc(C(=O)O)cc1. The minimum absolute atomic E-state index is 0.0938. The van der Waals surface area contributed by atoms with E-state index in [9.17, 15) is 19.2 Å². The molecule has 1 heterocycles. The van der Waals surface area contributed by atoms with Gasteiger partial charge in [0, 0.05) is 10.7 Å². The van der Waals surface area contributed by atoms with E-state index >= 15 is 0 Å². The van der Waals surface area contributed by atoms with Crippen LogP contribution in [0.3, 0.4) is 0 Å². The Labute approximate surface area is 148 Å². The molecule has 3 rings (SSSR count). The number of rotatable bonds is 4. The van der Waals surface area contributed by atoms with Crippen molar-refractivity contribution < 1.29 is 24.3 Å². The molecule has 3 amide bonds. The summed E-state index contributed by atoms with van der Waals surface area (Å²) in [4.78, 5) is 48.6. The van der Waals surface area contributed by atoms with Crippen molar-refractivity contribution in [1.82, 2.24) is 4.90 Å². The van der Waals surface area contributed by atoms with Crippen LogP contribution in [0.5, 0.6) is 0 Å². The van der Waals surface area contributed by atoms with Crippen LogP contribution in [-0.2, 0) is 14.4 Å². The minimum atomic E-state index is -1.07. The van der Waals surface area contributed by atoms with Crippen LogP contribution in [0.15, 0.2) is 35.4 Å². The lowest BCUT2D eigenvalue weighted by Crippen LogP contribution is -2.38. The van der Waals surface area contributed by atoms with Gasteiger partial charge in [-0.3, -0.25) is 19.3 Å². The average molecular weight is 363 g/mol. The third-order valence-electron chi connectivity index (χ3n) is 4.38. The van der Waals surface area contributed by atoms with Crippen LogP contribution in [0.4, 0.5) is 5.69 Å². The van der Waals surface area contributed by atoms with Crippen LogP contribution in [0, 0.1) is 11.8 Å². The molecule has 2 N–H and O–H groups in total. The lowest BCUT2D eigenvalue weighted by molar-refractivity contribution is -0.142. The number of carbonyl (C=O) groups is 4. The number of fused-ring (bicyclic) bond motifs is 1. The Hall–Kier alpha value is -2.67. The fourth-order valence-corrected chi connectivity index (χ4v) is 3.35. The predicted octanol–water partition coefficient (Wildman–Crippen LogP) is 1.84. The number of allylic oxidation sites excluding steroid dienone is 2. The Kier molecular flexibility index (Phi) is 4.59. The fraction of sp³-hybridized carbons (Fsp3) is 0.294. The van der Waals surface area contributed by atoms with Crippen LogP contribution in [0.1, 0.15) is 23.2 Å². The first-order chi connectivity index (χ1) is 11.9. The first-order valence-electron chi connectivity index (χ1n) is 7.70. The summed E-state index contributed by atoms with van der Waals surface area (Å²) in [6.07, 6.45) is 2.47. The Bertz CT molecular complexity index is 787. The van der Waals surface area contributed by atoms with E-state index in [-0.39, 0.29) is 23.9 Å². The molecule has 2 atom stereocenters. The second-order valence-electron chi connectivity index (χ2n) is 6.00. The number of halogens is 1. The molecule has 130 valence electrons. The number of hydrogen-bond donors (Lipinski definition) is 2. The number of anilines is 1. The lowest BCUT2D eigenvalue weighted by Gasteiger charge is -2.17. The van der Waals surface area contributed by atoms with Crippen molar-refractivity contribution in [1.29, 1.82) is 0 Å². The fourth-order valence-electron chi connectivity index (χ4n) is 3.09. The highest BCUT2D eigenvalue weighted by molar-refractivity contribution is 6.30. The molecule has 0 unspecified atom stereocenters. The van der Waals surface area contributed by atoms with Crippen molar-refractivity contribution in [3.8, 4) is 0 Å². The number of aromatic carboxylic acids is 1. The molecule has 1 aliphatic carbocycles. The Morgan fingerprint density at radius 2 is 1.80 bits per heavy atom. The second kappa shape index (κ2) is 6.68. The number of nitrogens with zero attached hydrogens (tertiary/aromatic N) is 1. The summed E-state index contributed by atoms with van der Waals surface area (Å²) in [6, 6.07) is 5.59. The molecule has 1 fully saturated rings. The molecular weight excluding hydrogens is 348 g/mol. The maximum atomic E-state index is 12.4. The number of nitrogens with one attached hydrogen (secondary N) is 1. The molecule has 0 spiro atoms. The summed E-state index contributed by atoms with van der Waals surface area (Å²) < 4.78 is 0. The van der Waals surface area contributed by atoms with Gasteiger partial charge in [-0.05, 0) is 37.1 Å². The van der Waals surface area contributed by atoms with E-state index < -0.39 is 23.7 Å². The molecule has 1 aliphatic heterocycles. The Balaban J connectivity index is 1.64. The second-order valence-corrected chi connectivity index (χ2v) is 6.48. The van der Waals surface area contributed by atoms with Gasteiger partial charge in [0.1, 0.15) is 6.54 Å². The van der Waals surface area contributed by atoms with Crippen molar-refractivity contribution in [3.63, 3.8) is 0 Å². The molecule has 0 aromatic heterocycles. The molecule has 8 heteroatoms. The van der Waals surface area contributed by atoms with Gasteiger partial charge in [0.25, 0.3) is 0 Å². The van der Waals surface area contributed by atoms with E-state index in [2.05, 4.69) is 5.32 Å². The van der Waals surface area contributed by atoms with E-state index in [1.807, 2.05) is 0 Å². The van der Waals surface area contributed by atoms with Crippen LogP contribution < -0.4 is 5.32 Å². The summed E-state index contributed by atoms with van der Waals surface area (Å²) >= 11 is 5.95. The highest BCUT2D eigenvalue weighted by Crippen LogP contribution is 2.38. The number of likely N-dealkylation sites (tertiary alicyclic amines) is 1. The van der Waals surface area contributed by atoms with E-state index in [1.165, 1.54) is 24.3 Å². The van der Waals surface area contributed by atoms with Crippen LogP contribution >= 0.6 is 11.6 Å². The van der Waals surface area contributed by atoms with E-state index in [1.54, 1.807) is 6.08 Å². The van der Waals surface area contributed by atoms with Crippen molar-refractivity contribution in [2.45, 2.75) is 12.8 Å². The summed E-state index contributed by atoms with van der Waals surface area (Å²) in [5.41, 5.74) is 0.479. The number of imide groups is 1. The van der Waals surface area contributed by atoms with E-state index in [0.717, 1.165) is 4.90 Å². The maximum absolute atomic E-state index is 12.4. The largest absolute Gasteiger partial charge is 0.478 e. The highest BCUT2D eigenvalue weighted by atomic mass is 35.5. The standard InChI is InChI=1S/C17H15ClN2O5/c18-10-3-6-12-13(7-10)16(23)20(15(12)22)8-14(21)19-11-4-1-9(2-5-11)17(24)25/h1-5,12-13H,6-8H2,(H,19,21)(H,24,25)/t12-,13-/m0/s1. The minimum Gasteiger partial charge on any atom is -0.478 e. The zero-order valence-corrected chi connectivity index (χ0v) is 13.8.